The molecule has 21 heavy (non-hydrogen) atoms. The highest BCUT2D eigenvalue weighted by molar-refractivity contribution is 5.96. The summed E-state index contributed by atoms with van der Waals surface area (Å²) < 4.78 is 51.0. The van der Waals surface area contributed by atoms with Gasteiger partial charge in [-0.3, -0.25) is 4.68 Å². The average Bonchev–Trinajstić information content (AvgIpc) is 2.77. The summed E-state index contributed by atoms with van der Waals surface area (Å²) in [7, 11) is 0. The molecule has 112 valence electrons. The second-order valence-electron chi connectivity index (χ2n) is 4.49. The fourth-order valence-corrected chi connectivity index (χ4v) is 1.87. The van der Waals surface area contributed by atoms with Crippen LogP contribution in [-0.4, -0.2) is 27.0 Å². The number of carboxylic acids is 1. The molecule has 0 saturated heterocycles. The Balaban J connectivity index is 2.47. The number of halogens is 4. The zero-order chi connectivity index (χ0) is 15.8. The largest absolute Gasteiger partial charge is 0.478 e. The van der Waals surface area contributed by atoms with E-state index in [1.807, 2.05) is 0 Å². The first-order valence-electron chi connectivity index (χ1n) is 5.80. The zero-order valence-electron chi connectivity index (χ0n) is 10.8. The van der Waals surface area contributed by atoms with Crippen molar-refractivity contribution in [3.05, 3.63) is 41.5 Å². The zero-order valence-corrected chi connectivity index (χ0v) is 10.8. The summed E-state index contributed by atoms with van der Waals surface area (Å²) in [5.41, 5.74) is 0.0360. The van der Waals surface area contributed by atoms with Gasteiger partial charge in [0.15, 0.2) is 0 Å². The molecule has 1 heterocycles. The van der Waals surface area contributed by atoms with Crippen LogP contribution < -0.4 is 0 Å². The Morgan fingerprint density at radius 3 is 2.62 bits per heavy atom. The second kappa shape index (κ2) is 5.19. The smallest absolute Gasteiger partial charge is 0.408 e. The average molecular weight is 302 g/mol. The van der Waals surface area contributed by atoms with Gasteiger partial charge in [-0.1, -0.05) is 0 Å². The minimum Gasteiger partial charge on any atom is -0.478 e. The summed E-state index contributed by atoms with van der Waals surface area (Å²) in [6.07, 6.45) is -2.34. The van der Waals surface area contributed by atoms with Crippen molar-refractivity contribution < 1.29 is 27.5 Å². The molecule has 0 aliphatic rings. The van der Waals surface area contributed by atoms with E-state index in [2.05, 4.69) is 5.10 Å². The Labute approximate surface area is 116 Å². The number of carboxylic acid groups (broad SMARTS) is 1. The van der Waals surface area contributed by atoms with Gasteiger partial charge in [-0.15, -0.1) is 0 Å². The molecule has 0 aliphatic carbocycles. The van der Waals surface area contributed by atoms with Crippen LogP contribution in [-0.2, 0) is 6.54 Å². The van der Waals surface area contributed by atoms with Gasteiger partial charge < -0.3 is 5.11 Å². The molecule has 0 spiro atoms. The SMILES string of the molecule is Cc1cc(C(=O)O)c(-c2cnn(CC(F)(F)F)c2)cc1F. The minimum absolute atomic E-state index is 0.0148. The van der Waals surface area contributed by atoms with Crippen molar-refractivity contribution in [3.8, 4) is 11.1 Å². The van der Waals surface area contributed by atoms with E-state index in [4.69, 9.17) is 5.11 Å². The predicted octanol–water partition coefficient (Wildman–Crippen LogP) is 3.26. The van der Waals surface area contributed by atoms with E-state index in [0.717, 1.165) is 24.5 Å². The maximum absolute atomic E-state index is 13.6. The Bertz CT molecular complexity index is 692. The van der Waals surface area contributed by atoms with Crippen LogP contribution >= 0.6 is 0 Å². The summed E-state index contributed by atoms with van der Waals surface area (Å²) in [5, 5.41) is 12.6. The third-order valence-corrected chi connectivity index (χ3v) is 2.81. The van der Waals surface area contributed by atoms with Gasteiger partial charge in [0.25, 0.3) is 0 Å². The van der Waals surface area contributed by atoms with Crippen LogP contribution in [0.5, 0.6) is 0 Å². The van der Waals surface area contributed by atoms with E-state index in [9.17, 15) is 22.4 Å². The molecule has 8 heteroatoms. The predicted molar refractivity (Wildman–Crippen MR) is 65.4 cm³/mol. The van der Waals surface area contributed by atoms with Crippen molar-refractivity contribution in [1.82, 2.24) is 9.78 Å². The molecule has 4 nitrogen and oxygen atoms in total. The van der Waals surface area contributed by atoms with Gasteiger partial charge in [0.05, 0.1) is 11.8 Å². The summed E-state index contributed by atoms with van der Waals surface area (Å²) in [6.45, 7) is 0.0996. The normalized spacial score (nSPS) is 11.7. The van der Waals surface area contributed by atoms with E-state index in [0.29, 0.717) is 4.68 Å². The molecular formula is C13H10F4N2O2. The molecule has 0 saturated carbocycles. The van der Waals surface area contributed by atoms with Crippen molar-refractivity contribution in [2.24, 2.45) is 0 Å². The molecular weight excluding hydrogens is 292 g/mol. The van der Waals surface area contributed by atoms with Crippen LogP contribution in [0.25, 0.3) is 11.1 Å². The number of benzene rings is 1. The minimum atomic E-state index is -4.45. The Hall–Kier alpha value is -2.38. The van der Waals surface area contributed by atoms with E-state index in [1.54, 1.807) is 0 Å². The molecule has 0 atom stereocenters. The maximum atomic E-state index is 13.6. The molecule has 0 amide bonds. The molecule has 0 radical (unpaired) electrons. The fourth-order valence-electron chi connectivity index (χ4n) is 1.87. The molecule has 0 fully saturated rings. The number of alkyl halides is 3. The van der Waals surface area contributed by atoms with Crippen molar-refractivity contribution in [3.63, 3.8) is 0 Å². The fraction of sp³-hybridized carbons (Fsp3) is 0.231. The van der Waals surface area contributed by atoms with Gasteiger partial charge in [-0.2, -0.15) is 18.3 Å². The highest BCUT2D eigenvalue weighted by atomic mass is 19.4. The molecule has 2 aromatic rings. The van der Waals surface area contributed by atoms with Crippen LogP contribution in [0.1, 0.15) is 15.9 Å². The van der Waals surface area contributed by atoms with Crippen LogP contribution in [0.4, 0.5) is 17.6 Å². The maximum Gasteiger partial charge on any atom is 0.408 e. The van der Waals surface area contributed by atoms with E-state index in [-0.39, 0.29) is 22.3 Å². The Kier molecular flexibility index (Phi) is 3.71. The summed E-state index contributed by atoms with van der Waals surface area (Å²) >= 11 is 0. The van der Waals surface area contributed by atoms with Crippen molar-refractivity contribution in [2.45, 2.75) is 19.6 Å². The standard InChI is InChI=1S/C13H10F4N2O2/c1-7-2-10(12(20)21)9(3-11(7)14)8-4-18-19(5-8)6-13(15,16)17/h2-5H,6H2,1H3,(H,20,21). The number of aryl methyl sites for hydroxylation is 1. The summed E-state index contributed by atoms with van der Waals surface area (Å²) in [4.78, 5) is 11.2. The number of carbonyl (C=O) groups is 1. The quantitative estimate of drug-likeness (QED) is 0.885. The number of nitrogens with zero attached hydrogens (tertiary/aromatic N) is 2. The summed E-state index contributed by atoms with van der Waals surface area (Å²) in [6, 6.07) is 2.11. The van der Waals surface area contributed by atoms with Crippen LogP contribution in [0.3, 0.4) is 0 Å². The van der Waals surface area contributed by atoms with Crippen molar-refractivity contribution >= 4 is 5.97 Å². The lowest BCUT2D eigenvalue weighted by atomic mass is 10.00. The first-order valence-corrected chi connectivity index (χ1v) is 5.80. The lowest BCUT2D eigenvalue weighted by Crippen LogP contribution is -2.17. The van der Waals surface area contributed by atoms with Gasteiger partial charge in [0.1, 0.15) is 12.4 Å². The Morgan fingerprint density at radius 1 is 1.38 bits per heavy atom. The first-order chi connectivity index (χ1) is 9.67. The lowest BCUT2D eigenvalue weighted by Gasteiger charge is -2.07. The molecule has 0 unspecified atom stereocenters. The van der Waals surface area contributed by atoms with Gasteiger partial charge in [-0.05, 0) is 24.6 Å². The van der Waals surface area contributed by atoms with Crippen molar-refractivity contribution in [2.75, 3.05) is 0 Å². The molecule has 1 N–H and O–H groups in total. The highest BCUT2D eigenvalue weighted by Crippen LogP contribution is 2.27. The van der Waals surface area contributed by atoms with Crippen LogP contribution in [0.2, 0.25) is 0 Å². The highest BCUT2D eigenvalue weighted by Gasteiger charge is 2.28. The van der Waals surface area contributed by atoms with E-state index >= 15 is 0 Å². The van der Waals surface area contributed by atoms with Gasteiger partial charge >= 0.3 is 12.1 Å². The summed E-state index contributed by atoms with van der Waals surface area (Å²) in [5.74, 6) is -1.93. The molecule has 2 rings (SSSR count). The third kappa shape index (κ3) is 3.39. The number of rotatable bonds is 3. The molecule has 0 aliphatic heterocycles. The number of aromatic carboxylic acids is 1. The van der Waals surface area contributed by atoms with Gasteiger partial charge in [0, 0.05) is 17.3 Å². The van der Waals surface area contributed by atoms with Gasteiger partial charge in [0.2, 0.25) is 0 Å². The molecule has 0 bridgehead atoms. The molecule has 1 aromatic heterocycles. The van der Waals surface area contributed by atoms with E-state index < -0.39 is 24.5 Å². The third-order valence-electron chi connectivity index (χ3n) is 2.81. The van der Waals surface area contributed by atoms with Crippen LogP contribution in [0, 0.1) is 12.7 Å². The lowest BCUT2D eigenvalue weighted by molar-refractivity contribution is -0.142. The van der Waals surface area contributed by atoms with Gasteiger partial charge in [-0.25, -0.2) is 9.18 Å². The monoisotopic (exact) mass is 302 g/mol. The first kappa shape index (κ1) is 15.0. The second-order valence-corrected chi connectivity index (χ2v) is 4.49. The van der Waals surface area contributed by atoms with Crippen molar-refractivity contribution in [1.29, 1.82) is 0 Å². The number of hydrogen-bond acceptors (Lipinski definition) is 2. The number of aromatic nitrogens is 2. The topological polar surface area (TPSA) is 55.1 Å². The Morgan fingerprint density at radius 2 is 2.05 bits per heavy atom. The number of hydrogen-bond donors (Lipinski definition) is 1. The molecule has 1 aromatic carbocycles. The van der Waals surface area contributed by atoms with E-state index in [1.165, 1.54) is 6.92 Å². The van der Waals surface area contributed by atoms with Crippen LogP contribution in [0.15, 0.2) is 24.5 Å².